The van der Waals surface area contributed by atoms with Crippen molar-refractivity contribution in [2.45, 2.75) is 0 Å². The zero-order valence-corrected chi connectivity index (χ0v) is 37.6. The summed E-state index contributed by atoms with van der Waals surface area (Å²) in [5, 5.41) is 22.6. The molecule has 0 aliphatic heterocycles. The van der Waals surface area contributed by atoms with Gasteiger partial charge in [0.05, 0.1) is 11.0 Å². The largest absolute Gasteiger partial charge is 0.309 e. The minimum atomic E-state index is 1.16. The average molecular weight is 872 g/mol. The Labute approximate surface area is 398 Å². The van der Waals surface area contributed by atoms with Crippen molar-refractivity contribution in [3.8, 4) is 39.1 Å². The number of benzene rings is 14. The molecule has 1 heteroatoms. The first-order valence-corrected chi connectivity index (χ1v) is 24.0. The van der Waals surface area contributed by atoms with Gasteiger partial charge in [0.15, 0.2) is 0 Å². The van der Waals surface area contributed by atoms with Crippen molar-refractivity contribution in [2.24, 2.45) is 0 Å². The first kappa shape index (κ1) is 38.1. The van der Waals surface area contributed by atoms with Crippen molar-refractivity contribution in [3.63, 3.8) is 0 Å². The SMILES string of the molecule is c1ccc(-c2c3ccccc3c(-c3ccc4cc5cc(-n6c7ccc8ccccc8c7c7c8ccccc8ccc76)ccc5cc4c3)c3ccc(-c4c5ccccc5cc5ccccc45)cc23)cc1. The second-order valence-corrected chi connectivity index (χ2v) is 18.8. The molecule has 0 amide bonds. The fourth-order valence-corrected chi connectivity index (χ4v) is 12.0. The summed E-state index contributed by atoms with van der Waals surface area (Å²) in [6.45, 7) is 0. The molecule has 0 spiro atoms. The van der Waals surface area contributed by atoms with Crippen molar-refractivity contribution in [1.29, 1.82) is 0 Å². The molecule has 1 nitrogen and oxygen atoms in total. The summed E-state index contributed by atoms with van der Waals surface area (Å²) in [5.41, 5.74) is 11.1. The van der Waals surface area contributed by atoms with E-state index in [1.165, 1.54) is 141 Å². The van der Waals surface area contributed by atoms with Crippen LogP contribution in [0.2, 0.25) is 0 Å². The minimum absolute atomic E-state index is 1.16. The van der Waals surface area contributed by atoms with E-state index in [0.29, 0.717) is 0 Å². The third-order valence-electron chi connectivity index (χ3n) is 15.0. The third-order valence-corrected chi connectivity index (χ3v) is 15.0. The molecule has 1 heterocycles. The first-order chi connectivity index (χ1) is 34.2. The van der Waals surface area contributed by atoms with Gasteiger partial charge in [0.1, 0.15) is 0 Å². The van der Waals surface area contributed by atoms with Crippen LogP contribution in [-0.2, 0) is 0 Å². The number of hydrogen-bond donors (Lipinski definition) is 0. The molecule has 1 aromatic heterocycles. The lowest BCUT2D eigenvalue weighted by molar-refractivity contribution is 1.19. The van der Waals surface area contributed by atoms with E-state index in [1.807, 2.05) is 0 Å². The van der Waals surface area contributed by atoms with Crippen LogP contribution in [-0.4, -0.2) is 4.57 Å². The Balaban J connectivity index is 0.934. The van der Waals surface area contributed by atoms with Crippen LogP contribution < -0.4 is 0 Å². The Bertz CT molecular complexity index is 4500. The van der Waals surface area contributed by atoms with Gasteiger partial charge in [-0.2, -0.15) is 0 Å². The van der Waals surface area contributed by atoms with E-state index in [0.717, 1.165) is 5.69 Å². The zero-order chi connectivity index (χ0) is 45.2. The molecule has 0 radical (unpaired) electrons. The Morgan fingerprint density at radius 3 is 1.25 bits per heavy atom. The van der Waals surface area contributed by atoms with E-state index in [4.69, 9.17) is 0 Å². The molecule has 0 N–H and O–H groups in total. The Kier molecular flexibility index (Phi) is 8.13. The Morgan fingerprint density at radius 2 is 0.623 bits per heavy atom. The zero-order valence-electron chi connectivity index (χ0n) is 37.6. The van der Waals surface area contributed by atoms with Crippen LogP contribution in [0.25, 0.3) is 147 Å². The fourth-order valence-electron chi connectivity index (χ4n) is 12.0. The predicted molar refractivity (Wildman–Crippen MR) is 297 cm³/mol. The van der Waals surface area contributed by atoms with E-state index in [2.05, 4.69) is 253 Å². The van der Waals surface area contributed by atoms with Gasteiger partial charge in [-0.3, -0.25) is 0 Å². The Hall–Kier alpha value is -9.04. The van der Waals surface area contributed by atoms with Crippen LogP contribution in [0.3, 0.4) is 0 Å². The summed E-state index contributed by atoms with van der Waals surface area (Å²) in [4.78, 5) is 0. The molecule has 0 atom stereocenters. The van der Waals surface area contributed by atoms with Gasteiger partial charge < -0.3 is 4.57 Å². The van der Waals surface area contributed by atoms with E-state index >= 15 is 0 Å². The molecule has 0 fully saturated rings. The van der Waals surface area contributed by atoms with Crippen LogP contribution in [0.1, 0.15) is 0 Å². The second kappa shape index (κ2) is 14.7. The summed E-state index contributed by atoms with van der Waals surface area (Å²) >= 11 is 0. The molecule has 14 aromatic carbocycles. The van der Waals surface area contributed by atoms with Crippen molar-refractivity contribution in [1.82, 2.24) is 4.57 Å². The highest BCUT2D eigenvalue weighted by Crippen LogP contribution is 2.47. The van der Waals surface area contributed by atoms with Crippen LogP contribution in [0, 0.1) is 0 Å². The second-order valence-electron chi connectivity index (χ2n) is 18.8. The number of nitrogens with zero attached hydrogens (tertiary/aromatic N) is 1. The van der Waals surface area contributed by atoms with Gasteiger partial charge in [-0.1, -0.05) is 194 Å². The predicted octanol–water partition coefficient (Wildman–Crippen LogP) is 19.0. The van der Waals surface area contributed by atoms with Gasteiger partial charge in [-0.05, 0) is 174 Å². The first-order valence-electron chi connectivity index (χ1n) is 24.0. The van der Waals surface area contributed by atoms with Gasteiger partial charge in [0, 0.05) is 16.5 Å². The van der Waals surface area contributed by atoms with Gasteiger partial charge >= 0.3 is 0 Å². The highest BCUT2D eigenvalue weighted by atomic mass is 15.0. The summed E-state index contributed by atoms with van der Waals surface area (Å²) < 4.78 is 2.47. The molecule has 318 valence electrons. The molecule has 0 aliphatic rings. The average Bonchev–Trinajstić information content (AvgIpc) is 3.76. The van der Waals surface area contributed by atoms with Crippen LogP contribution >= 0.6 is 0 Å². The molecule has 0 aliphatic carbocycles. The molecular weight excluding hydrogens is 831 g/mol. The maximum Gasteiger partial charge on any atom is 0.0547 e. The third kappa shape index (κ3) is 5.71. The Morgan fingerprint density at radius 1 is 0.203 bits per heavy atom. The van der Waals surface area contributed by atoms with Gasteiger partial charge in [0.25, 0.3) is 0 Å². The summed E-state index contributed by atoms with van der Waals surface area (Å²) in [7, 11) is 0. The lowest BCUT2D eigenvalue weighted by Gasteiger charge is -2.20. The highest BCUT2D eigenvalue weighted by molar-refractivity contribution is 6.29. The van der Waals surface area contributed by atoms with E-state index in [-0.39, 0.29) is 0 Å². The monoisotopic (exact) mass is 871 g/mol. The standard InChI is InChI=1S/C68H41N/c1-2-16-44(17-3-1)64-58-24-12-13-25-59(58)66(60-33-29-50(41-61(60)64)65-56-22-10-6-18-47(56)38-48-19-7-11-23-57(48)65)49-27-26-45-37-52-40-53(32-28-46(52)36-51(45)39-49)69-62-34-30-42-14-4-8-20-54(42)67(62)68-55-21-9-5-15-43(55)31-35-63(68)69/h1-41H. The van der Waals surface area contributed by atoms with E-state index in [9.17, 15) is 0 Å². The highest BCUT2D eigenvalue weighted by Gasteiger charge is 2.21. The van der Waals surface area contributed by atoms with Crippen molar-refractivity contribution < 1.29 is 0 Å². The maximum absolute atomic E-state index is 2.47. The summed E-state index contributed by atoms with van der Waals surface area (Å²) in [6, 6.07) is 92.8. The molecule has 0 unspecified atom stereocenters. The molecular formula is C68H41N. The van der Waals surface area contributed by atoms with Crippen LogP contribution in [0.4, 0.5) is 0 Å². The molecule has 0 saturated heterocycles. The van der Waals surface area contributed by atoms with Crippen LogP contribution in [0.15, 0.2) is 249 Å². The minimum Gasteiger partial charge on any atom is -0.309 e. The maximum atomic E-state index is 2.47. The van der Waals surface area contributed by atoms with Crippen molar-refractivity contribution in [2.75, 3.05) is 0 Å². The van der Waals surface area contributed by atoms with Crippen molar-refractivity contribution in [3.05, 3.63) is 249 Å². The van der Waals surface area contributed by atoms with Gasteiger partial charge in [0.2, 0.25) is 0 Å². The summed E-state index contributed by atoms with van der Waals surface area (Å²) in [6.07, 6.45) is 0. The molecule has 0 bridgehead atoms. The number of hydrogen-bond acceptors (Lipinski definition) is 0. The molecule has 15 rings (SSSR count). The number of rotatable bonds is 4. The lowest BCUT2D eigenvalue weighted by atomic mass is 9.83. The van der Waals surface area contributed by atoms with Crippen LogP contribution in [0.5, 0.6) is 0 Å². The summed E-state index contributed by atoms with van der Waals surface area (Å²) in [5.74, 6) is 0. The number of aromatic nitrogens is 1. The van der Waals surface area contributed by atoms with Gasteiger partial charge in [-0.15, -0.1) is 0 Å². The normalized spacial score (nSPS) is 12.1. The smallest absolute Gasteiger partial charge is 0.0547 e. The number of fused-ring (bicyclic) bond motifs is 13. The topological polar surface area (TPSA) is 4.93 Å². The molecule has 69 heavy (non-hydrogen) atoms. The van der Waals surface area contributed by atoms with E-state index in [1.54, 1.807) is 0 Å². The molecule has 0 saturated carbocycles. The molecule has 15 aromatic rings. The quantitative estimate of drug-likeness (QED) is 0.155. The lowest BCUT2D eigenvalue weighted by Crippen LogP contribution is -1.94. The van der Waals surface area contributed by atoms with E-state index < -0.39 is 0 Å². The van der Waals surface area contributed by atoms with Crippen molar-refractivity contribution >= 4 is 108 Å². The fraction of sp³-hybridized carbons (Fsp3) is 0. The van der Waals surface area contributed by atoms with Gasteiger partial charge in [-0.25, -0.2) is 0 Å².